The van der Waals surface area contributed by atoms with Crippen LogP contribution in [0.25, 0.3) is 0 Å². The van der Waals surface area contributed by atoms with E-state index < -0.39 is 17.9 Å². The van der Waals surface area contributed by atoms with Gasteiger partial charge in [0.15, 0.2) is 0 Å². The molecular weight excluding hydrogens is 300 g/mol. The fourth-order valence-corrected chi connectivity index (χ4v) is 1.59. The molecule has 0 saturated carbocycles. The van der Waals surface area contributed by atoms with Gasteiger partial charge in [-0.05, 0) is 31.2 Å². The molecule has 1 rings (SSSR count). The number of hydrogen-bond acceptors (Lipinski definition) is 6. The molecule has 0 aliphatic carbocycles. The first kappa shape index (κ1) is 18.2. The van der Waals surface area contributed by atoms with Crippen LogP contribution in [-0.4, -0.2) is 24.5 Å². The highest BCUT2D eigenvalue weighted by atomic mass is 16.6. The summed E-state index contributed by atoms with van der Waals surface area (Å²) in [4.78, 5) is 34.2. The van der Waals surface area contributed by atoms with Gasteiger partial charge in [-0.1, -0.05) is 18.2 Å². The lowest BCUT2D eigenvalue weighted by Gasteiger charge is -2.10. The van der Waals surface area contributed by atoms with E-state index in [2.05, 4.69) is 0 Å². The van der Waals surface area contributed by atoms with Crippen molar-refractivity contribution in [1.29, 1.82) is 0 Å². The Morgan fingerprint density at radius 1 is 1.04 bits per heavy atom. The van der Waals surface area contributed by atoms with E-state index in [1.807, 2.05) is 13.0 Å². The Bertz CT molecular complexity index is 642. The predicted octanol–water partition coefficient (Wildman–Crippen LogP) is 2.83. The van der Waals surface area contributed by atoms with Crippen molar-refractivity contribution >= 4 is 17.9 Å². The summed E-state index contributed by atoms with van der Waals surface area (Å²) in [6.07, 6.45) is 7.01. The molecule has 0 N–H and O–H groups in total. The molecule has 0 fully saturated rings. The molecular formula is C17H18O6. The lowest BCUT2D eigenvalue weighted by molar-refractivity contribution is -0.133. The number of rotatable bonds is 6. The molecule has 23 heavy (non-hydrogen) atoms. The Balaban J connectivity index is 2.95. The summed E-state index contributed by atoms with van der Waals surface area (Å²) in [5, 5.41) is 0. The number of carbonyl (C=O) groups excluding carboxylic acids is 3. The molecule has 1 aromatic carbocycles. The number of allylic oxidation sites excluding steroid dienone is 3. The van der Waals surface area contributed by atoms with E-state index in [4.69, 9.17) is 14.2 Å². The zero-order valence-corrected chi connectivity index (χ0v) is 13.2. The average Bonchev–Trinajstić information content (AvgIpc) is 2.47. The maximum atomic E-state index is 12.1. The minimum atomic E-state index is -0.694. The fourth-order valence-electron chi connectivity index (χ4n) is 1.59. The normalized spacial score (nSPS) is 10.7. The van der Waals surface area contributed by atoms with Gasteiger partial charge in [0.1, 0.15) is 23.7 Å². The highest BCUT2D eigenvalue weighted by Crippen LogP contribution is 2.25. The van der Waals surface area contributed by atoms with E-state index in [9.17, 15) is 14.4 Å². The number of benzene rings is 1. The summed E-state index contributed by atoms with van der Waals surface area (Å²) in [6, 6.07) is 4.08. The van der Waals surface area contributed by atoms with E-state index in [0.29, 0.717) is 0 Å². The summed E-state index contributed by atoms with van der Waals surface area (Å²) in [7, 11) is 0. The van der Waals surface area contributed by atoms with Gasteiger partial charge < -0.3 is 14.2 Å². The molecule has 6 heteroatoms. The molecule has 0 aromatic heterocycles. The van der Waals surface area contributed by atoms with Gasteiger partial charge in [-0.2, -0.15) is 0 Å². The zero-order chi connectivity index (χ0) is 17.2. The van der Waals surface area contributed by atoms with Gasteiger partial charge >= 0.3 is 17.9 Å². The van der Waals surface area contributed by atoms with E-state index in [1.165, 1.54) is 32.0 Å². The first-order chi connectivity index (χ1) is 10.9. The molecule has 0 saturated heterocycles. The predicted molar refractivity (Wildman–Crippen MR) is 83.3 cm³/mol. The lowest BCUT2D eigenvalue weighted by Crippen LogP contribution is -2.11. The SMILES string of the molecule is CC=CC=CCOC(=O)c1cc(OC(C)=O)ccc1OC(C)=O. The summed E-state index contributed by atoms with van der Waals surface area (Å²) in [5.41, 5.74) is -0.00150. The third-order valence-electron chi connectivity index (χ3n) is 2.44. The van der Waals surface area contributed by atoms with E-state index >= 15 is 0 Å². The quantitative estimate of drug-likeness (QED) is 0.456. The van der Waals surface area contributed by atoms with Gasteiger partial charge in [-0.25, -0.2) is 4.79 Å². The summed E-state index contributed by atoms with van der Waals surface area (Å²) < 4.78 is 14.9. The summed E-state index contributed by atoms with van der Waals surface area (Å²) in [5.74, 6) is -1.60. The molecule has 0 radical (unpaired) electrons. The van der Waals surface area contributed by atoms with Crippen molar-refractivity contribution in [2.75, 3.05) is 6.61 Å². The third kappa shape index (κ3) is 6.60. The third-order valence-corrected chi connectivity index (χ3v) is 2.44. The van der Waals surface area contributed by atoms with E-state index in [1.54, 1.807) is 18.2 Å². The lowest BCUT2D eigenvalue weighted by atomic mass is 10.2. The maximum absolute atomic E-state index is 12.1. The van der Waals surface area contributed by atoms with Crippen molar-refractivity contribution < 1.29 is 28.6 Å². The van der Waals surface area contributed by atoms with Gasteiger partial charge in [-0.3, -0.25) is 9.59 Å². The molecule has 0 atom stereocenters. The molecule has 0 aliphatic heterocycles. The molecule has 0 amide bonds. The Hall–Kier alpha value is -2.89. The van der Waals surface area contributed by atoms with Crippen LogP contribution in [0, 0.1) is 0 Å². The zero-order valence-electron chi connectivity index (χ0n) is 13.2. The van der Waals surface area contributed by atoms with Crippen LogP contribution < -0.4 is 9.47 Å². The van der Waals surface area contributed by atoms with Crippen molar-refractivity contribution in [1.82, 2.24) is 0 Å². The van der Waals surface area contributed by atoms with Gasteiger partial charge in [-0.15, -0.1) is 0 Å². The molecule has 0 unspecified atom stereocenters. The molecule has 0 spiro atoms. The van der Waals surface area contributed by atoms with Crippen molar-refractivity contribution in [2.24, 2.45) is 0 Å². The first-order valence-electron chi connectivity index (χ1n) is 6.90. The van der Waals surface area contributed by atoms with Crippen molar-refractivity contribution in [3.8, 4) is 11.5 Å². The second kappa shape index (κ2) is 9.19. The van der Waals surface area contributed by atoms with Crippen LogP contribution in [0.15, 0.2) is 42.5 Å². The molecule has 122 valence electrons. The smallest absolute Gasteiger partial charge is 0.342 e. The van der Waals surface area contributed by atoms with Gasteiger partial charge in [0, 0.05) is 13.8 Å². The summed E-state index contributed by atoms with van der Waals surface area (Å²) in [6.45, 7) is 4.38. The molecule has 6 nitrogen and oxygen atoms in total. The minimum Gasteiger partial charge on any atom is -0.458 e. The van der Waals surface area contributed by atoms with Crippen LogP contribution in [0.3, 0.4) is 0 Å². The molecule has 1 aromatic rings. The highest BCUT2D eigenvalue weighted by Gasteiger charge is 2.17. The van der Waals surface area contributed by atoms with Gasteiger partial charge in [0.05, 0.1) is 0 Å². The minimum absolute atomic E-state index is 0.00150. The van der Waals surface area contributed by atoms with Crippen LogP contribution in [0.4, 0.5) is 0 Å². The molecule has 0 heterocycles. The number of hydrogen-bond donors (Lipinski definition) is 0. The standard InChI is InChI=1S/C17H18O6/c1-4-5-6-7-10-21-17(20)15-11-14(22-12(2)18)8-9-16(15)23-13(3)19/h4-9,11H,10H2,1-3H3. The summed E-state index contributed by atoms with van der Waals surface area (Å²) >= 11 is 0. The molecule has 0 aliphatic rings. The second-order valence-electron chi connectivity index (χ2n) is 4.40. The Morgan fingerprint density at radius 3 is 2.35 bits per heavy atom. The topological polar surface area (TPSA) is 78.9 Å². The van der Waals surface area contributed by atoms with Crippen LogP contribution in [0.5, 0.6) is 11.5 Å². The van der Waals surface area contributed by atoms with Crippen LogP contribution in [0.1, 0.15) is 31.1 Å². The fraction of sp³-hybridized carbons (Fsp3) is 0.235. The Morgan fingerprint density at radius 2 is 1.74 bits per heavy atom. The average molecular weight is 318 g/mol. The van der Waals surface area contributed by atoms with Gasteiger partial charge in [0.25, 0.3) is 0 Å². The highest BCUT2D eigenvalue weighted by molar-refractivity contribution is 5.94. The second-order valence-corrected chi connectivity index (χ2v) is 4.40. The monoisotopic (exact) mass is 318 g/mol. The number of carbonyl (C=O) groups is 3. The van der Waals surface area contributed by atoms with Crippen molar-refractivity contribution in [3.63, 3.8) is 0 Å². The van der Waals surface area contributed by atoms with Crippen molar-refractivity contribution in [3.05, 3.63) is 48.1 Å². The Labute approximate surface area is 134 Å². The van der Waals surface area contributed by atoms with Crippen LogP contribution in [0.2, 0.25) is 0 Å². The number of esters is 3. The molecule has 0 bridgehead atoms. The van der Waals surface area contributed by atoms with Crippen LogP contribution in [-0.2, 0) is 14.3 Å². The maximum Gasteiger partial charge on any atom is 0.342 e. The van der Waals surface area contributed by atoms with Crippen LogP contribution >= 0.6 is 0 Å². The Kier molecular flexibility index (Phi) is 7.26. The number of ether oxygens (including phenoxy) is 3. The van der Waals surface area contributed by atoms with E-state index in [0.717, 1.165) is 0 Å². The van der Waals surface area contributed by atoms with Crippen molar-refractivity contribution in [2.45, 2.75) is 20.8 Å². The van der Waals surface area contributed by atoms with E-state index in [-0.39, 0.29) is 23.7 Å². The van der Waals surface area contributed by atoms with Gasteiger partial charge in [0.2, 0.25) is 0 Å². The largest absolute Gasteiger partial charge is 0.458 e. The first-order valence-corrected chi connectivity index (χ1v) is 6.90.